The fourth-order valence-corrected chi connectivity index (χ4v) is 4.14. The topological polar surface area (TPSA) is 74.9 Å². The van der Waals surface area contributed by atoms with E-state index >= 15 is 0 Å². The number of aromatic nitrogens is 2. The number of hydrogen-bond donors (Lipinski definition) is 1. The maximum absolute atomic E-state index is 12.3. The van der Waals surface area contributed by atoms with Crippen LogP contribution in [0.1, 0.15) is 12.0 Å². The second kappa shape index (κ2) is 4.55. The van der Waals surface area contributed by atoms with E-state index in [1.165, 1.54) is 4.90 Å². The van der Waals surface area contributed by atoms with Gasteiger partial charge in [0.05, 0.1) is 17.1 Å². The van der Waals surface area contributed by atoms with Gasteiger partial charge in [-0.25, -0.2) is 9.78 Å². The smallest absolute Gasteiger partial charge is 0.352 e. The molecule has 0 spiro atoms. The number of imidazole rings is 1. The van der Waals surface area contributed by atoms with Crippen LogP contribution in [0.2, 0.25) is 0 Å². The molecule has 1 atom stereocenters. The highest BCUT2D eigenvalue weighted by atomic mass is 32.1. The third-order valence-corrected chi connectivity index (χ3v) is 5.29. The molecular weight excluding hydrogens is 326 g/mol. The van der Waals surface area contributed by atoms with E-state index in [-0.39, 0.29) is 17.6 Å². The second-order valence-corrected chi connectivity index (χ2v) is 6.71. The predicted molar refractivity (Wildman–Crippen MR) is 89.5 cm³/mol. The Balaban J connectivity index is 1.54. The van der Waals surface area contributed by atoms with Gasteiger partial charge in [-0.1, -0.05) is 12.1 Å². The lowest BCUT2D eigenvalue weighted by atomic mass is 9.92. The van der Waals surface area contributed by atoms with Crippen LogP contribution in [-0.2, 0) is 9.59 Å². The third kappa shape index (κ3) is 1.67. The lowest BCUT2D eigenvalue weighted by molar-refractivity contribution is -0.142. The van der Waals surface area contributed by atoms with E-state index in [2.05, 4.69) is 4.98 Å². The SMILES string of the molecule is O=C(O)C1=CCC2C(=Cc3ccc4nc5sccn5c4c3)C(=O)N12. The molecule has 1 aromatic carbocycles. The van der Waals surface area contributed by atoms with Crippen molar-refractivity contribution < 1.29 is 14.7 Å². The highest BCUT2D eigenvalue weighted by molar-refractivity contribution is 7.15. The Kier molecular flexibility index (Phi) is 2.56. The van der Waals surface area contributed by atoms with Crippen LogP contribution in [0, 0.1) is 0 Å². The monoisotopic (exact) mass is 337 g/mol. The van der Waals surface area contributed by atoms with Crippen molar-refractivity contribution >= 4 is 45.3 Å². The van der Waals surface area contributed by atoms with E-state index in [9.17, 15) is 9.59 Å². The molecule has 5 rings (SSSR count). The van der Waals surface area contributed by atoms with Gasteiger partial charge in [-0.2, -0.15) is 0 Å². The van der Waals surface area contributed by atoms with Gasteiger partial charge >= 0.3 is 5.97 Å². The fraction of sp³-hybridized carbons (Fsp3) is 0.118. The molecule has 118 valence electrons. The average molecular weight is 337 g/mol. The van der Waals surface area contributed by atoms with Crippen LogP contribution in [-0.4, -0.2) is 37.3 Å². The first-order valence-corrected chi connectivity index (χ1v) is 8.35. The number of fused-ring (bicyclic) bond motifs is 4. The number of amides is 1. The van der Waals surface area contributed by atoms with Crippen molar-refractivity contribution in [2.45, 2.75) is 12.5 Å². The molecule has 3 aromatic rings. The minimum Gasteiger partial charge on any atom is -0.477 e. The molecule has 4 heterocycles. The summed E-state index contributed by atoms with van der Waals surface area (Å²) in [6.07, 6.45) is 6.00. The van der Waals surface area contributed by atoms with Crippen molar-refractivity contribution in [3.8, 4) is 0 Å². The number of carbonyl (C=O) groups excluding carboxylic acids is 1. The van der Waals surface area contributed by atoms with Crippen LogP contribution in [0.5, 0.6) is 0 Å². The summed E-state index contributed by atoms with van der Waals surface area (Å²) in [7, 11) is 0. The summed E-state index contributed by atoms with van der Waals surface area (Å²) >= 11 is 1.58. The van der Waals surface area contributed by atoms with Crippen LogP contribution in [0.25, 0.3) is 22.1 Å². The molecule has 24 heavy (non-hydrogen) atoms. The molecule has 1 N–H and O–H groups in total. The molecule has 1 unspecified atom stereocenters. The van der Waals surface area contributed by atoms with E-state index in [1.54, 1.807) is 17.4 Å². The second-order valence-electron chi connectivity index (χ2n) is 5.84. The summed E-state index contributed by atoms with van der Waals surface area (Å²) in [6, 6.07) is 5.73. The lowest BCUT2D eigenvalue weighted by Gasteiger charge is -2.38. The Morgan fingerprint density at radius 3 is 3.12 bits per heavy atom. The first-order chi connectivity index (χ1) is 11.6. The largest absolute Gasteiger partial charge is 0.477 e. The van der Waals surface area contributed by atoms with Crippen molar-refractivity contribution in [3.05, 3.63) is 52.7 Å². The maximum Gasteiger partial charge on any atom is 0.352 e. The predicted octanol–water partition coefficient (Wildman–Crippen LogP) is 2.52. The third-order valence-electron chi connectivity index (χ3n) is 4.54. The number of rotatable bonds is 2. The van der Waals surface area contributed by atoms with Crippen LogP contribution < -0.4 is 0 Å². The van der Waals surface area contributed by atoms with Gasteiger partial charge in [0, 0.05) is 17.2 Å². The molecule has 1 fully saturated rings. The molecule has 0 radical (unpaired) electrons. The number of benzene rings is 1. The number of β-lactam (4-membered cyclic amide) rings is 1. The summed E-state index contributed by atoms with van der Waals surface area (Å²) in [5.41, 5.74) is 3.59. The highest BCUT2D eigenvalue weighted by Gasteiger charge is 2.48. The Hall–Kier alpha value is -2.93. The number of nitrogens with zero attached hydrogens (tertiary/aromatic N) is 3. The van der Waals surface area contributed by atoms with E-state index < -0.39 is 5.97 Å². The summed E-state index contributed by atoms with van der Waals surface area (Å²) in [4.78, 5) is 30.3. The Morgan fingerprint density at radius 1 is 1.42 bits per heavy atom. The van der Waals surface area contributed by atoms with Crippen LogP contribution >= 0.6 is 11.3 Å². The quantitative estimate of drug-likeness (QED) is 0.576. The van der Waals surface area contributed by atoms with E-state index in [0.717, 1.165) is 21.6 Å². The molecule has 1 amide bonds. The van der Waals surface area contributed by atoms with Gasteiger partial charge < -0.3 is 5.11 Å². The van der Waals surface area contributed by atoms with Crippen molar-refractivity contribution in [1.82, 2.24) is 14.3 Å². The van der Waals surface area contributed by atoms with E-state index in [4.69, 9.17) is 5.11 Å². The first-order valence-electron chi connectivity index (χ1n) is 7.47. The molecule has 6 nitrogen and oxygen atoms in total. The van der Waals surface area contributed by atoms with Crippen LogP contribution in [0.3, 0.4) is 0 Å². The number of hydrogen-bond acceptors (Lipinski definition) is 4. The van der Waals surface area contributed by atoms with Gasteiger partial charge in [0.15, 0.2) is 4.96 Å². The zero-order chi connectivity index (χ0) is 16.4. The highest BCUT2D eigenvalue weighted by Crippen LogP contribution is 2.39. The van der Waals surface area contributed by atoms with Gasteiger partial charge in [-0.3, -0.25) is 14.1 Å². The number of carbonyl (C=O) groups is 2. The minimum atomic E-state index is -1.05. The average Bonchev–Trinajstić information content (AvgIpc) is 3.24. The zero-order valence-corrected chi connectivity index (χ0v) is 13.2. The molecule has 2 aromatic heterocycles. The fourth-order valence-electron chi connectivity index (χ4n) is 3.41. The molecule has 2 aliphatic heterocycles. The summed E-state index contributed by atoms with van der Waals surface area (Å²) in [6.45, 7) is 0. The molecule has 7 heteroatoms. The van der Waals surface area contributed by atoms with Gasteiger partial charge in [0.25, 0.3) is 5.91 Å². The Labute approximate surface area is 139 Å². The maximum atomic E-state index is 12.3. The number of thiazole rings is 1. The molecular formula is C17H11N3O3S. The molecule has 1 saturated heterocycles. The van der Waals surface area contributed by atoms with Crippen molar-refractivity contribution in [3.63, 3.8) is 0 Å². The standard InChI is InChI=1S/C17H11N3O3S/c21-15-10(12-3-4-13(16(22)23)20(12)15)7-9-1-2-11-14(8-9)19-5-6-24-17(19)18-11/h1-2,4-8,12H,3H2,(H,22,23). The van der Waals surface area contributed by atoms with Gasteiger partial charge in [-0.15, -0.1) is 11.3 Å². The summed E-state index contributed by atoms with van der Waals surface area (Å²) in [5, 5.41) is 11.1. The molecule has 0 saturated carbocycles. The van der Waals surface area contributed by atoms with Crippen molar-refractivity contribution in [2.75, 3.05) is 0 Å². The lowest BCUT2D eigenvalue weighted by Crippen LogP contribution is -2.52. The zero-order valence-electron chi connectivity index (χ0n) is 12.3. The van der Waals surface area contributed by atoms with Gasteiger partial charge in [0.1, 0.15) is 5.70 Å². The molecule has 2 aliphatic rings. The molecule has 0 bridgehead atoms. The normalized spacial score (nSPS) is 21.4. The van der Waals surface area contributed by atoms with Gasteiger partial charge in [0.2, 0.25) is 0 Å². The van der Waals surface area contributed by atoms with E-state index in [0.29, 0.717) is 12.0 Å². The Morgan fingerprint density at radius 2 is 2.29 bits per heavy atom. The minimum absolute atomic E-state index is 0.0911. The Bertz CT molecular complexity index is 1100. The van der Waals surface area contributed by atoms with Crippen molar-refractivity contribution in [1.29, 1.82) is 0 Å². The van der Waals surface area contributed by atoms with Crippen LogP contribution in [0.4, 0.5) is 0 Å². The van der Waals surface area contributed by atoms with Crippen LogP contribution in [0.15, 0.2) is 47.1 Å². The summed E-state index contributed by atoms with van der Waals surface area (Å²) < 4.78 is 2.02. The first kappa shape index (κ1) is 13.5. The number of carboxylic acids is 1. The van der Waals surface area contributed by atoms with E-state index in [1.807, 2.05) is 40.3 Å². The number of aliphatic carboxylic acids is 1. The number of carboxylic acid groups (broad SMARTS) is 1. The van der Waals surface area contributed by atoms with Crippen molar-refractivity contribution in [2.24, 2.45) is 0 Å². The molecule has 0 aliphatic carbocycles. The van der Waals surface area contributed by atoms with Gasteiger partial charge in [-0.05, 0) is 30.2 Å². The summed E-state index contributed by atoms with van der Waals surface area (Å²) in [5.74, 6) is -1.27.